The molecule has 0 aliphatic carbocycles. The molecule has 5 nitrogen and oxygen atoms in total. The third-order valence-electron chi connectivity index (χ3n) is 4.14. The summed E-state index contributed by atoms with van der Waals surface area (Å²) in [6, 6.07) is 14.8. The highest BCUT2D eigenvalue weighted by Gasteiger charge is 2.43. The Balaban J connectivity index is 2.03. The second kappa shape index (κ2) is 7.50. The minimum Gasteiger partial charge on any atom is -0.272 e. The number of amides is 3. The topological polar surface area (TPSA) is 57.7 Å². The molecule has 0 N–H and O–H groups in total. The van der Waals surface area contributed by atoms with Crippen molar-refractivity contribution in [3.8, 4) is 0 Å². The van der Waals surface area contributed by atoms with E-state index in [1.807, 2.05) is 0 Å². The Morgan fingerprint density at radius 3 is 1.93 bits per heavy atom. The molecule has 140 valence electrons. The maximum Gasteiger partial charge on any atom is 0.281 e. The Hall–Kier alpha value is -2.08. The molecule has 1 heterocycles. The summed E-state index contributed by atoms with van der Waals surface area (Å²) in [5, 5.41) is 1.91. The number of imide groups is 1. The van der Waals surface area contributed by atoms with Crippen LogP contribution >= 0.6 is 34.8 Å². The van der Waals surface area contributed by atoms with E-state index in [2.05, 4.69) is 0 Å². The average molecular weight is 426 g/mol. The summed E-state index contributed by atoms with van der Waals surface area (Å²) in [6.07, 6.45) is -0.0665. The predicted molar refractivity (Wildman–Crippen MR) is 105 cm³/mol. The predicted octanol–water partition coefficient (Wildman–Crippen LogP) is 4.63. The number of para-hydroxylation sites is 1. The van der Waals surface area contributed by atoms with E-state index in [0.29, 0.717) is 5.69 Å². The highest BCUT2D eigenvalue weighted by molar-refractivity contribution is 6.67. The van der Waals surface area contributed by atoms with Gasteiger partial charge in [0, 0.05) is 12.3 Å². The fourth-order valence-electron chi connectivity index (χ4n) is 2.91. The van der Waals surface area contributed by atoms with Crippen molar-refractivity contribution < 1.29 is 14.4 Å². The molecule has 0 saturated heterocycles. The van der Waals surface area contributed by atoms with Gasteiger partial charge in [-0.25, -0.2) is 5.01 Å². The van der Waals surface area contributed by atoms with Crippen LogP contribution in [-0.2, 0) is 4.79 Å². The third-order valence-corrected chi connectivity index (χ3v) is 4.60. The van der Waals surface area contributed by atoms with Gasteiger partial charge in [-0.3, -0.25) is 14.4 Å². The Bertz CT molecular complexity index is 862. The number of benzene rings is 2. The standard InChI is InChI=1S/C19H15Cl3N2O3/c1-12(11-19(20,21)22)16(25)23(13-7-3-2-4-8-13)24-17(26)14-9-5-6-10-15(14)18(24)27/h2-10,12H,11H2,1H3/t12-/m0/s1. The van der Waals surface area contributed by atoms with Gasteiger partial charge in [-0.15, -0.1) is 0 Å². The molecule has 0 saturated carbocycles. The van der Waals surface area contributed by atoms with Crippen molar-refractivity contribution in [2.75, 3.05) is 5.01 Å². The quantitative estimate of drug-likeness (QED) is 0.530. The summed E-state index contributed by atoms with van der Waals surface area (Å²) < 4.78 is -1.64. The summed E-state index contributed by atoms with van der Waals surface area (Å²) in [6.45, 7) is 1.58. The SMILES string of the molecule is C[C@@H](CC(Cl)(Cl)Cl)C(=O)N(c1ccccc1)N1C(=O)c2ccccc2C1=O. The normalized spacial score (nSPS) is 14.9. The van der Waals surface area contributed by atoms with Crippen molar-refractivity contribution in [1.29, 1.82) is 0 Å². The Morgan fingerprint density at radius 1 is 0.963 bits per heavy atom. The first kappa shape index (κ1) is 19.7. The number of rotatable bonds is 4. The maximum atomic E-state index is 13.2. The van der Waals surface area contributed by atoms with Crippen LogP contribution in [0.3, 0.4) is 0 Å². The smallest absolute Gasteiger partial charge is 0.272 e. The highest BCUT2D eigenvalue weighted by Crippen LogP contribution is 2.35. The summed E-state index contributed by atoms with van der Waals surface area (Å²) in [5.74, 6) is -2.42. The second-order valence-electron chi connectivity index (χ2n) is 6.17. The lowest BCUT2D eigenvalue weighted by Crippen LogP contribution is -2.52. The average Bonchev–Trinajstić information content (AvgIpc) is 2.87. The molecule has 0 unspecified atom stereocenters. The number of nitrogens with zero attached hydrogens (tertiary/aromatic N) is 2. The second-order valence-corrected chi connectivity index (χ2v) is 8.69. The molecule has 0 spiro atoms. The molecular weight excluding hydrogens is 411 g/mol. The van der Waals surface area contributed by atoms with E-state index in [4.69, 9.17) is 34.8 Å². The minimum absolute atomic E-state index is 0.0665. The summed E-state index contributed by atoms with van der Waals surface area (Å²) in [7, 11) is 0. The van der Waals surface area contributed by atoms with Gasteiger partial charge in [-0.1, -0.05) is 72.1 Å². The zero-order chi connectivity index (χ0) is 19.8. The van der Waals surface area contributed by atoms with Gasteiger partial charge in [0.2, 0.25) is 5.91 Å². The van der Waals surface area contributed by atoms with E-state index in [1.165, 1.54) is 0 Å². The fraction of sp³-hybridized carbons (Fsp3) is 0.211. The molecule has 0 fully saturated rings. The van der Waals surface area contributed by atoms with Crippen LogP contribution in [-0.4, -0.2) is 26.5 Å². The Labute approximate surface area is 171 Å². The van der Waals surface area contributed by atoms with Gasteiger partial charge in [0.15, 0.2) is 3.79 Å². The lowest BCUT2D eigenvalue weighted by Gasteiger charge is -2.32. The van der Waals surface area contributed by atoms with Crippen molar-refractivity contribution in [2.24, 2.45) is 5.92 Å². The Morgan fingerprint density at radius 2 is 1.44 bits per heavy atom. The molecule has 2 aromatic carbocycles. The number of anilines is 1. The number of halogens is 3. The summed E-state index contributed by atoms with van der Waals surface area (Å²) in [5.41, 5.74) is 0.851. The monoisotopic (exact) mass is 424 g/mol. The largest absolute Gasteiger partial charge is 0.281 e. The van der Waals surface area contributed by atoms with Gasteiger partial charge in [0.1, 0.15) is 0 Å². The van der Waals surface area contributed by atoms with Gasteiger partial charge in [-0.05, 0) is 24.3 Å². The maximum absolute atomic E-state index is 13.2. The number of hydrogen-bond donors (Lipinski definition) is 0. The molecule has 1 aliphatic heterocycles. The lowest BCUT2D eigenvalue weighted by molar-refractivity contribution is -0.124. The zero-order valence-corrected chi connectivity index (χ0v) is 16.5. The van der Waals surface area contributed by atoms with Gasteiger partial charge in [-0.2, -0.15) is 5.01 Å². The van der Waals surface area contributed by atoms with Crippen molar-refractivity contribution in [2.45, 2.75) is 17.1 Å². The molecule has 1 atom stereocenters. The van der Waals surface area contributed by atoms with Crippen molar-refractivity contribution >= 4 is 58.2 Å². The van der Waals surface area contributed by atoms with E-state index < -0.39 is 27.4 Å². The van der Waals surface area contributed by atoms with Gasteiger partial charge in [0.05, 0.1) is 16.8 Å². The van der Waals surface area contributed by atoms with Crippen LogP contribution < -0.4 is 5.01 Å². The number of fused-ring (bicyclic) bond motifs is 1. The van der Waals surface area contributed by atoms with Crippen LogP contribution in [0, 0.1) is 5.92 Å². The first-order valence-corrected chi connectivity index (χ1v) is 9.27. The van der Waals surface area contributed by atoms with Gasteiger partial charge < -0.3 is 0 Å². The molecule has 8 heteroatoms. The number of alkyl halides is 3. The van der Waals surface area contributed by atoms with Crippen LogP contribution in [0.5, 0.6) is 0 Å². The van der Waals surface area contributed by atoms with Crippen molar-refractivity contribution in [3.63, 3.8) is 0 Å². The summed E-state index contributed by atoms with van der Waals surface area (Å²) in [4.78, 5) is 38.9. The number of hydrogen-bond acceptors (Lipinski definition) is 3. The van der Waals surface area contributed by atoms with Crippen LogP contribution in [0.25, 0.3) is 0 Å². The van der Waals surface area contributed by atoms with E-state index in [1.54, 1.807) is 61.5 Å². The van der Waals surface area contributed by atoms with Crippen molar-refractivity contribution in [3.05, 3.63) is 65.7 Å². The van der Waals surface area contributed by atoms with Gasteiger partial charge in [0.25, 0.3) is 11.8 Å². The minimum atomic E-state index is -1.64. The van der Waals surface area contributed by atoms with Crippen LogP contribution in [0.4, 0.5) is 5.69 Å². The molecule has 3 amide bonds. The molecule has 27 heavy (non-hydrogen) atoms. The number of carbonyl (C=O) groups is 3. The van der Waals surface area contributed by atoms with E-state index >= 15 is 0 Å². The molecule has 0 radical (unpaired) electrons. The molecule has 1 aliphatic rings. The first-order chi connectivity index (χ1) is 12.7. The first-order valence-electron chi connectivity index (χ1n) is 8.14. The van der Waals surface area contributed by atoms with E-state index in [0.717, 1.165) is 10.0 Å². The molecule has 2 aromatic rings. The van der Waals surface area contributed by atoms with Crippen LogP contribution in [0.1, 0.15) is 34.1 Å². The lowest BCUT2D eigenvalue weighted by atomic mass is 10.1. The fourth-order valence-corrected chi connectivity index (χ4v) is 3.61. The Kier molecular flexibility index (Phi) is 5.47. The van der Waals surface area contributed by atoms with Crippen LogP contribution in [0.2, 0.25) is 0 Å². The third kappa shape index (κ3) is 3.95. The molecule has 0 aromatic heterocycles. The van der Waals surface area contributed by atoms with Crippen molar-refractivity contribution in [1.82, 2.24) is 5.01 Å². The van der Waals surface area contributed by atoms with E-state index in [9.17, 15) is 14.4 Å². The van der Waals surface area contributed by atoms with Crippen LogP contribution in [0.15, 0.2) is 54.6 Å². The van der Waals surface area contributed by atoms with Gasteiger partial charge >= 0.3 is 0 Å². The number of carbonyl (C=O) groups excluding carboxylic acids is 3. The molecule has 3 rings (SSSR count). The molecular formula is C19H15Cl3N2O3. The number of hydrazine groups is 1. The zero-order valence-electron chi connectivity index (χ0n) is 14.2. The summed E-state index contributed by atoms with van der Waals surface area (Å²) >= 11 is 17.5. The molecule has 0 bridgehead atoms. The van der Waals surface area contributed by atoms with E-state index in [-0.39, 0.29) is 17.5 Å². The highest BCUT2D eigenvalue weighted by atomic mass is 35.6.